The lowest BCUT2D eigenvalue weighted by Gasteiger charge is -2.07. The summed E-state index contributed by atoms with van der Waals surface area (Å²) < 4.78 is 2.88. The standard InChI is InChI=1S/C11H11BrN2/c1-8-4-3-5-11(9(8)2)14-7-10(12)6-13-14/h3-7H,1-2H3. The van der Waals surface area contributed by atoms with Crippen molar-refractivity contribution in [1.29, 1.82) is 0 Å². The number of halogens is 1. The number of nitrogens with zero attached hydrogens (tertiary/aromatic N) is 2. The molecule has 0 aliphatic rings. The molecule has 0 aliphatic carbocycles. The van der Waals surface area contributed by atoms with Gasteiger partial charge in [0.25, 0.3) is 0 Å². The van der Waals surface area contributed by atoms with E-state index < -0.39 is 0 Å². The van der Waals surface area contributed by atoms with Crippen molar-refractivity contribution in [2.75, 3.05) is 0 Å². The lowest BCUT2D eigenvalue weighted by atomic mass is 10.1. The predicted molar refractivity (Wildman–Crippen MR) is 60.7 cm³/mol. The van der Waals surface area contributed by atoms with Gasteiger partial charge in [0.15, 0.2) is 0 Å². The molecule has 0 bridgehead atoms. The summed E-state index contributed by atoms with van der Waals surface area (Å²) in [5.74, 6) is 0. The normalized spacial score (nSPS) is 10.5. The second-order valence-corrected chi connectivity index (χ2v) is 4.24. The molecular formula is C11H11BrN2. The van der Waals surface area contributed by atoms with E-state index in [4.69, 9.17) is 0 Å². The van der Waals surface area contributed by atoms with Gasteiger partial charge in [0, 0.05) is 6.20 Å². The van der Waals surface area contributed by atoms with Crippen molar-refractivity contribution in [1.82, 2.24) is 9.78 Å². The second-order valence-electron chi connectivity index (χ2n) is 3.32. The molecule has 0 saturated carbocycles. The van der Waals surface area contributed by atoms with E-state index in [-0.39, 0.29) is 0 Å². The molecule has 1 aromatic heterocycles. The van der Waals surface area contributed by atoms with Crippen molar-refractivity contribution in [2.45, 2.75) is 13.8 Å². The molecule has 0 radical (unpaired) electrons. The van der Waals surface area contributed by atoms with E-state index in [1.165, 1.54) is 11.1 Å². The molecule has 1 aromatic carbocycles. The van der Waals surface area contributed by atoms with E-state index in [1.807, 2.05) is 16.9 Å². The smallest absolute Gasteiger partial charge is 0.0677 e. The maximum Gasteiger partial charge on any atom is 0.0677 e. The highest BCUT2D eigenvalue weighted by atomic mass is 79.9. The van der Waals surface area contributed by atoms with Gasteiger partial charge in [-0.1, -0.05) is 12.1 Å². The van der Waals surface area contributed by atoms with Gasteiger partial charge in [-0.25, -0.2) is 4.68 Å². The molecule has 2 rings (SSSR count). The first kappa shape index (κ1) is 9.46. The fraction of sp³-hybridized carbons (Fsp3) is 0.182. The number of aromatic nitrogens is 2. The van der Waals surface area contributed by atoms with Gasteiger partial charge in [-0.05, 0) is 47.0 Å². The van der Waals surface area contributed by atoms with Gasteiger partial charge >= 0.3 is 0 Å². The maximum atomic E-state index is 4.26. The molecule has 0 saturated heterocycles. The van der Waals surface area contributed by atoms with Crippen LogP contribution in [-0.4, -0.2) is 9.78 Å². The summed E-state index contributed by atoms with van der Waals surface area (Å²) in [6.07, 6.45) is 3.75. The Bertz CT molecular complexity index is 460. The van der Waals surface area contributed by atoms with Crippen LogP contribution in [0.2, 0.25) is 0 Å². The molecule has 72 valence electrons. The van der Waals surface area contributed by atoms with Gasteiger partial charge in [0.05, 0.1) is 16.4 Å². The minimum absolute atomic E-state index is 0.999. The number of benzene rings is 1. The Hall–Kier alpha value is -1.09. The average molecular weight is 251 g/mol. The second kappa shape index (κ2) is 3.58. The lowest BCUT2D eigenvalue weighted by molar-refractivity contribution is 0.870. The molecule has 1 heterocycles. The molecule has 2 nitrogen and oxygen atoms in total. The highest BCUT2D eigenvalue weighted by Gasteiger charge is 2.03. The van der Waals surface area contributed by atoms with Crippen molar-refractivity contribution in [3.8, 4) is 5.69 Å². The highest BCUT2D eigenvalue weighted by molar-refractivity contribution is 9.10. The van der Waals surface area contributed by atoms with Crippen LogP contribution in [0.1, 0.15) is 11.1 Å². The van der Waals surface area contributed by atoms with Crippen molar-refractivity contribution in [3.63, 3.8) is 0 Å². The van der Waals surface area contributed by atoms with Gasteiger partial charge in [-0.3, -0.25) is 0 Å². The molecule has 0 N–H and O–H groups in total. The molecule has 3 heteroatoms. The van der Waals surface area contributed by atoms with E-state index in [0.29, 0.717) is 0 Å². The van der Waals surface area contributed by atoms with E-state index >= 15 is 0 Å². The Kier molecular flexibility index (Phi) is 2.42. The molecule has 14 heavy (non-hydrogen) atoms. The zero-order valence-corrected chi connectivity index (χ0v) is 9.75. The van der Waals surface area contributed by atoms with Crippen LogP contribution in [0.5, 0.6) is 0 Å². The van der Waals surface area contributed by atoms with E-state index in [9.17, 15) is 0 Å². The molecule has 0 spiro atoms. The third kappa shape index (κ3) is 1.60. The van der Waals surface area contributed by atoms with Crippen LogP contribution < -0.4 is 0 Å². The summed E-state index contributed by atoms with van der Waals surface area (Å²) in [6.45, 7) is 4.22. The SMILES string of the molecule is Cc1cccc(-n2cc(Br)cn2)c1C. The molecule has 0 fully saturated rings. The van der Waals surface area contributed by atoms with Crippen LogP contribution in [0.4, 0.5) is 0 Å². The maximum absolute atomic E-state index is 4.26. The number of hydrogen-bond donors (Lipinski definition) is 0. The van der Waals surface area contributed by atoms with Gasteiger partial charge in [-0.15, -0.1) is 0 Å². The minimum Gasteiger partial charge on any atom is -0.240 e. The predicted octanol–water partition coefficient (Wildman–Crippen LogP) is 3.25. The monoisotopic (exact) mass is 250 g/mol. The van der Waals surface area contributed by atoms with Crippen molar-refractivity contribution in [3.05, 3.63) is 46.2 Å². The van der Waals surface area contributed by atoms with Crippen molar-refractivity contribution in [2.24, 2.45) is 0 Å². The molecule has 0 unspecified atom stereocenters. The first-order valence-electron chi connectivity index (χ1n) is 4.45. The Labute approximate surface area is 91.7 Å². The van der Waals surface area contributed by atoms with Gasteiger partial charge in [0.2, 0.25) is 0 Å². The summed E-state index contributed by atoms with van der Waals surface area (Å²) in [6, 6.07) is 6.23. The minimum atomic E-state index is 0.999. The van der Waals surface area contributed by atoms with Crippen LogP contribution in [0.25, 0.3) is 5.69 Å². The topological polar surface area (TPSA) is 17.8 Å². The van der Waals surface area contributed by atoms with Crippen LogP contribution in [-0.2, 0) is 0 Å². The third-order valence-electron chi connectivity index (χ3n) is 2.37. The Morgan fingerprint density at radius 1 is 1.29 bits per heavy atom. The molecule has 0 aliphatic heterocycles. The van der Waals surface area contributed by atoms with E-state index in [2.05, 4.69) is 47.0 Å². The molecule has 0 amide bonds. The van der Waals surface area contributed by atoms with E-state index in [0.717, 1.165) is 10.2 Å². The average Bonchev–Trinajstić information content (AvgIpc) is 2.57. The quantitative estimate of drug-likeness (QED) is 0.760. The Morgan fingerprint density at radius 3 is 2.71 bits per heavy atom. The van der Waals surface area contributed by atoms with E-state index in [1.54, 1.807) is 6.20 Å². The van der Waals surface area contributed by atoms with Crippen LogP contribution in [0, 0.1) is 13.8 Å². The highest BCUT2D eigenvalue weighted by Crippen LogP contribution is 2.18. The summed E-state index contributed by atoms with van der Waals surface area (Å²) in [5.41, 5.74) is 3.69. The van der Waals surface area contributed by atoms with Gasteiger partial charge < -0.3 is 0 Å². The van der Waals surface area contributed by atoms with Gasteiger partial charge in [-0.2, -0.15) is 5.10 Å². The van der Waals surface area contributed by atoms with Crippen LogP contribution in [0.3, 0.4) is 0 Å². The fourth-order valence-corrected chi connectivity index (χ4v) is 1.70. The molecule has 2 aromatic rings. The van der Waals surface area contributed by atoms with Crippen molar-refractivity contribution < 1.29 is 0 Å². The zero-order valence-electron chi connectivity index (χ0n) is 8.16. The largest absolute Gasteiger partial charge is 0.240 e. The van der Waals surface area contributed by atoms with Crippen molar-refractivity contribution >= 4 is 15.9 Å². The number of hydrogen-bond acceptors (Lipinski definition) is 1. The first-order valence-corrected chi connectivity index (χ1v) is 5.24. The summed E-state index contributed by atoms with van der Waals surface area (Å²) in [7, 11) is 0. The fourth-order valence-electron chi connectivity index (χ4n) is 1.42. The summed E-state index contributed by atoms with van der Waals surface area (Å²) in [4.78, 5) is 0. The Balaban J connectivity index is 2.57. The van der Waals surface area contributed by atoms with Crippen LogP contribution >= 0.6 is 15.9 Å². The van der Waals surface area contributed by atoms with Crippen LogP contribution in [0.15, 0.2) is 35.1 Å². The lowest BCUT2D eigenvalue weighted by Crippen LogP contribution is -1.98. The Morgan fingerprint density at radius 2 is 2.07 bits per heavy atom. The summed E-state index contributed by atoms with van der Waals surface area (Å²) in [5, 5.41) is 4.26. The first-order chi connectivity index (χ1) is 6.68. The third-order valence-corrected chi connectivity index (χ3v) is 2.78. The van der Waals surface area contributed by atoms with Gasteiger partial charge in [0.1, 0.15) is 0 Å². The molecular weight excluding hydrogens is 240 g/mol. The number of rotatable bonds is 1. The number of aryl methyl sites for hydroxylation is 1. The zero-order chi connectivity index (χ0) is 10.1. The molecule has 0 atom stereocenters. The summed E-state index contributed by atoms with van der Waals surface area (Å²) >= 11 is 3.39.